The molecule has 0 aliphatic rings. The van der Waals surface area contributed by atoms with Crippen LogP contribution in [0.4, 0.5) is 0 Å². The maximum Gasteiger partial charge on any atom is 0.272 e. The molecule has 3 rings (SSSR count). The Morgan fingerprint density at radius 1 is 1.08 bits per heavy atom. The first kappa shape index (κ1) is 17.4. The maximum atomic E-state index is 12.8. The van der Waals surface area contributed by atoms with Crippen molar-refractivity contribution in [1.82, 2.24) is 9.88 Å². The monoisotopic (exact) mass is 352 g/mol. The van der Waals surface area contributed by atoms with Crippen LogP contribution < -0.4 is 0 Å². The van der Waals surface area contributed by atoms with Gasteiger partial charge in [0, 0.05) is 29.1 Å². The zero-order chi connectivity index (χ0) is 18.0. The lowest BCUT2D eigenvalue weighted by Crippen LogP contribution is -2.31. The number of fused-ring (bicyclic) bond motifs is 1. The van der Waals surface area contributed by atoms with Crippen molar-refractivity contribution < 1.29 is 4.79 Å². The second kappa shape index (κ2) is 7.24. The van der Waals surface area contributed by atoms with Crippen molar-refractivity contribution in [3.05, 3.63) is 64.8 Å². The summed E-state index contributed by atoms with van der Waals surface area (Å²) in [5.41, 5.74) is 3.19. The molecule has 0 fully saturated rings. The number of halogens is 1. The third kappa shape index (κ3) is 3.38. The molecular weight excluding hydrogens is 332 g/mol. The van der Waals surface area contributed by atoms with Gasteiger partial charge in [0.05, 0.1) is 5.69 Å². The SMILES string of the molecule is CCN(CC)C(=O)c1cc2ccc(C)cc2c(-c2ccccc2Cl)n1. The number of pyridine rings is 1. The topological polar surface area (TPSA) is 33.2 Å². The lowest BCUT2D eigenvalue weighted by atomic mass is 10.0. The largest absolute Gasteiger partial charge is 0.338 e. The molecule has 0 saturated carbocycles. The highest BCUT2D eigenvalue weighted by molar-refractivity contribution is 6.33. The number of amides is 1. The molecule has 3 nitrogen and oxygen atoms in total. The summed E-state index contributed by atoms with van der Waals surface area (Å²) < 4.78 is 0. The van der Waals surface area contributed by atoms with Crippen molar-refractivity contribution in [2.45, 2.75) is 20.8 Å². The van der Waals surface area contributed by atoms with Gasteiger partial charge in [0.2, 0.25) is 0 Å². The first-order valence-corrected chi connectivity index (χ1v) is 8.88. The fourth-order valence-electron chi connectivity index (χ4n) is 3.00. The van der Waals surface area contributed by atoms with E-state index < -0.39 is 0 Å². The minimum atomic E-state index is -0.0548. The van der Waals surface area contributed by atoms with Gasteiger partial charge in [-0.1, -0.05) is 47.5 Å². The number of aromatic nitrogens is 1. The standard InChI is InChI=1S/C21H21ClN2O/c1-4-24(5-2)21(25)19-13-15-11-10-14(3)12-17(15)20(23-19)16-8-6-7-9-18(16)22/h6-13H,4-5H2,1-3H3. The lowest BCUT2D eigenvalue weighted by molar-refractivity contribution is 0.0767. The normalized spacial score (nSPS) is 10.9. The molecule has 1 aromatic heterocycles. The fourth-order valence-corrected chi connectivity index (χ4v) is 3.23. The second-order valence-electron chi connectivity index (χ2n) is 6.04. The van der Waals surface area contributed by atoms with Crippen LogP contribution in [-0.4, -0.2) is 28.9 Å². The molecule has 0 aliphatic heterocycles. The van der Waals surface area contributed by atoms with Crippen molar-refractivity contribution in [3.8, 4) is 11.3 Å². The molecule has 0 radical (unpaired) electrons. The summed E-state index contributed by atoms with van der Waals surface area (Å²) in [5.74, 6) is -0.0548. The average molecular weight is 353 g/mol. The molecule has 0 unspecified atom stereocenters. The quantitative estimate of drug-likeness (QED) is 0.634. The Morgan fingerprint density at radius 2 is 1.80 bits per heavy atom. The predicted octanol–water partition coefficient (Wildman–Crippen LogP) is 5.35. The summed E-state index contributed by atoms with van der Waals surface area (Å²) in [6, 6.07) is 15.7. The number of carbonyl (C=O) groups excluding carboxylic acids is 1. The van der Waals surface area contributed by atoms with Gasteiger partial charge >= 0.3 is 0 Å². The number of hydrogen-bond donors (Lipinski definition) is 0. The summed E-state index contributed by atoms with van der Waals surface area (Å²) in [6.45, 7) is 7.31. The Labute approximate surface area is 153 Å². The highest BCUT2D eigenvalue weighted by atomic mass is 35.5. The van der Waals surface area contributed by atoms with E-state index in [1.807, 2.05) is 63.2 Å². The number of rotatable bonds is 4. The minimum absolute atomic E-state index is 0.0548. The van der Waals surface area contributed by atoms with Crippen molar-refractivity contribution in [2.75, 3.05) is 13.1 Å². The van der Waals surface area contributed by atoms with Crippen LogP contribution in [0.5, 0.6) is 0 Å². The second-order valence-corrected chi connectivity index (χ2v) is 6.45. The van der Waals surface area contributed by atoms with Crippen molar-refractivity contribution >= 4 is 28.3 Å². The summed E-state index contributed by atoms with van der Waals surface area (Å²) in [5, 5.41) is 2.63. The molecular formula is C21H21ClN2O. The van der Waals surface area contributed by atoms with E-state index in [2.05, 4.69) is 6.07 Å². The van der Waals surface area contributed by atoms with Crippen LogP contribution in [0.3, 0.4) is 0 Å². The van der Waals surface area contributed by atoms with Crippen LogP contribution in [0.25, 0.3) is 22.0 Å². The van der Waals surface area contributed by atoms with Crippen LogP contribution in [0.1, 0.15) is 29.9 Å². The molecule has 0 aliphatic carbocycles. The zero-order valence-electron chi connectivity index (χ0n) is 14.7. The Bertz CT molecular complexity index is 932. The van der Waals surface area contributed by atoms with E-state index in [9.17, 15) is 4.79 Å². The van der Waals surface area contributed by atoms with Crippen LogP contribution in [0.15, 0.2) is 48.5 Å². The summed E-state index contributed by atoms with van der Waals surface area (Å²) in [4.78, 5) is 19.3. The van der Waals surface area contributed by atoms with E-state index in [-0.39, 0.29) is 5.91 Å². The van der Waals surface area contributed by atoms with Gasteiger partial charge in [-0.2, -0.15) is 0 Å². The number of benzene rings is 2. The molecule has 128 valence electrons. The van der Waals surface area contributed by atoms with Crippen molar-refractivity contribution in [1.29, 1.82) is 0 Å². The number of aryl methyl sites for hydroxylation is 1. The van der Waals surface area contributed by atoms with Gasteiger partial charge in [-0.05, 0) is 44.4 Å². The smallest absolute Gasteiger partial charge is 0.272 e. The summed E-state index contributed by atoms with van der Waals surface area (Å²) in [7, 11) is 0. The molecule has 2 aromatic carbocycles. The van der Waals surface area contributed by atoms with Gasteiger partial charge in [0.1, 0.15) is 5.69 Å². The molecule has 4 heteroatoms. The Morgan fingerprint density at radius 3 is 2.48 bits per heavy atom. The van der Waals surface area contributed by atoms with Gasteiger partial charge in [-0.3, -0.25) is 4.79 Å². The van der Waals surface area contributed by atoms with Crippen LogP contribution in [0.2, 0.25) is 5.02 Å². The Balaban J connectivity index is 2.28. The van der Waals surface area contributed by atoms with E-state index in [0.29, 0.717) is 23.8 Å². The number of carbonyl (C=O) groups is 1. The van der Waals surface area contributed by atoms with Crippen LogP contribution in [-0.2, 0) is 0 Å². The third-order valence-electron chi connectivity index (χ3n) is 4.39. The Hall–Kier alpha value is -2.39. The fraction of sp³-hybridized carbons (Fsp3) is 0.238. The molecule has 3 aromatic rings. The van der Waals surface area contributed by atoms with E-state index in [1.54, 1.807) is 4.90 Å². The molecule has 25 heavy (non-hydrogen) atoms. The van der Waals surface area contributed by atoms with E-state index in [4.69, 9.17) is 16.6 Å². The first-order chi connectivity index (χ1) is 12.0. The van der Waals surface area contributed by atoms with E-state index in [1.165, 1.54) is 0 Å². The highest BCUT2D eigenvalue weighted by Crippen LogP contribution is 2.33. The van der Waals surface area contributed by atoms with Gasteiger partial charge in [-0.15, -0.1) is 0 Å². The molecule has 1 heterocycles. The number of nitrogens with zero attached hydrogens (tertiary/aromatic N) is 2. The molecule has 0 spiro atoms. The maximum absolute atomic E-state index is 12.8. The molecule has 0 N–H and O–H groups in total. The predicted molar refractivity (Wildman–Crippen MR) is 104 cm³/mol. The van der Waals surface area contributed by atoms with Crippen molar-refractivity contribution in [3.63, 3.8) is 0 Å². The van der Waals surface area contributed by atoms with Gasteiger partial charge in [0.25, 0.3) is 5.91 Å². The van der Waals surface area contributed by atoms with E-state index >= 15 is 0 Å². The average Bonchev–Trinajstić information content (AvgIpc) is 2.62. The van der Waals surface area contributed by atoms with E-state index in [0.717, 1.165) is 27.6 Å². The summed E-state index contributed by atoms with van der Waals surface area (Å²) in [6.07, 6.45) is 0. The first-order valence-electron chi connectivity index (χ1n) is 8.50. The number of hydrogen-bond acceptors (Lipinski definition) is 2. The highest BCUT2D eigenvalue weighted by Gasteiger charge is 2.18. The molecule has 0 saturated heterocycles. The third-order valence-corrected chi connectivity index (χ3v) is 4.72. The zero-order valence-corrected chi connectivity index (χ0v) is 15.5. The Kier molecular flexibility index (Phi) is 5.05. The lowest BCUT2D eigenvalue weighted by Gasteiger charge is -2.19. The molecule has 1 amide bonds. The molecule has 0 atom stereocenters. The minimum Gasteiger partial charge on any atom is -0.338 e. The van der Waals surface area contributed by atoms with Gasteiger partial charge in [0.15, 0.2) is 0 Å². The van der Waals surface area contributed by atoms with Gasteiger partial charge in [-0.25, -0.2) is 4.98 Å². The summed E-state index contributed by atoms with van der Waals surface area (Å²) >= 11 is 6.41. The van der Waals surface area contributed by atoms with Crippen LogP contribution in [0, 0.1) is 6.92 Å². The van der Waals surface area contributed by atoms with Crippen molar-refractivity contribution in [2.24, 2.45) is 0 Å². The molecule has 0 bridgehead atoms. The van der Waals surface area contributed by atoms with Crippen LogP contribution >= 0.6 is 11.6 Å². The van der Waals surface area contributed by atoms with Gasteiger partial charge < -0.3 is 4.90 Å².